The van der Waals surface area contributed by atoms with Gasteiger partial charge in [0.2, 0.25) is 0 Å². The van der Waals surface area contributed by atoms with E-state index >= 15 is 0 Å². The molecule has 1 saturated heterocycles. The average Bonchev–Trinajstić information content (AvgIpc) is 2.05. The normalized spacial score (nSPS) is 35.5. The van der Waals surface area contributed by atoms with Crippen LogP contribution in [0.25, 0.3) is 0 Å². The third-order valence-electron chi connectivity index (χ3n) is 3.67. The van der Waals surface area contributed by atoms with Gasteiger partial charge in [-0.15, -0.1) is 24.0 Å². The van der Waals surface area contributed by atoms with E-state index in [4.69, 9.17) is 0 Å². The van der Waals surface area contributed by atoms with Gasteiger partial charge in [-0.25, -0.2) is 0 Å². The van der Waals surface area contributed by atoms with Crippen LogP contribution in [-0.4, -0.2) is 23.0 Å². The predicted molar refractivity (Wildman–Crippen MR) is 69.8 cm³/mol. The second kappa shape index (κ2) is 5.54. The molecule has 0 aromatic heterocycles. The lowest BCUT2D eigenvalue weighted by molar-refractivity contribution is 0.0209. The highest BCUT2D eigenvalue weighted by Gasteiger charge is 2.35. The molecule has 1 heterocycles. The Labute approximate surface area is 100 Å². The summed E-state index contributed by atoms with van der Waals surface area (Å²) in [6.07, 6.45) is 5.50. The number of hydrogen-bond acceptors (Lipinski definition) is 1. The Kier molecular flexibility index (Phi) is 5.84. The fourth-order valence-corrected chi connectivity index (χ4v) is 2.68. The predicted octanol–water partition coefficient (Wildman–Crippen LogP) is 3.67. The van der Waals surface area contributed by atoms with Gasteiger partial charge in [0, 0.05) is 11.6 Å². The summed E-state index contributed by atoms with van der Waals surface area (Å²) < 4.78 is 0. The lowest BCUT2D eigenvalue weighted by atomic mass is 9.83. The first kappa shape index (κ1) is 13.7. The fourth-order valence-electron chi connectivity index (χ4n) is 2.68. The first-order valence-electron chi connectivity index (χ1n) is 5.40. The van der Waals surface area contributed by atoms with Gasteiger partial charge in [0.15, 0.2) is 0 Å². The van der Waals surface area contributed by atoms with E-state index in [0.29, 0.717) is 5.54 Å². The van der Waals surface area contributed by atoms with Gasteiger partial charge in [-0.05, 0) is 39.7 Å². The van der Waals surface area contributed by atoms with Gasteiger partial charge < -0.3 is 0 Å². The molecule has 0 amide bonds. The van der Waals surface area contributed by atoms with E-state index in [1.54, 1.807) is 0 Å². The van der Waals surface area contributed by atoms with Gasteiger partial charge in [-0.1, -0.05) is 20.3 Å². The molecule has 1 nitrogen and oxygen atoms in total. The van der Waals surface area contributed by atoms with Gasteiger partial charge in [0.05, 0.1) is 0 Å². The van der Waals surface area contributed by atoms with E-state index < -0.39 is 0 Å². The van der Waals surface area contributed by atoms with Crippen molar-refractivity contribution in [1.82, 2.24) is 4.90 Å². The number of halogens is 1. The van der Waals surface area contributed by atoms with Crippen molar-refractivity contribution in [2.75, 3.05) is 6.54 Å². The molecule has 2 unspecified atom stereocenters. The molecule has 0 N–H and O–H groups in total. The number of rotatable bonds is 2. The second-order valence-corrected chi connectivity index (χ2v) is 4.38. The van der Waals surface area contributed by atoms with Gasteiger partial charge >= 0.3 is 0 Å². The first-order valence-corrected chi connectivity index (χ1v) is 5.40. The van der Waals surface area contributed by atoms with E-state index in [9.17, 15) is 0 Å². The van der Waals surface area contributed by atoms with Crippen LogP contribution in [0.1, 0.15) is 53.4 Å². The highest BCUT2D eigenvalue weighted by atomic mass is 127. The van der Waals surface area contributed by atoms with Crippen molar-refractivity contribution in [3.8, 4) is 0 Å². The monoisotopic (exact) mass is 297 g/mol. The number of nitrogens with zero attached hydrogens (tertiary/aromatic N) is 1. The molecule has 0 aliphatic carbocycles. The zero-order chi connectivity index (χ0) is 9.19. The first-order chi connectivity index (χ1) is 5.64. The number of hydrogen-bond donors (Lipinski definition) is 0. The number of piperidine rings is 1. The second-order valence-electron chi connectivity index (χ2n) is 4.38. The van der Waals surface area contributed by atoms with Crippen molar-refractivity contribution in [3.05, 3.63) is 0 Å². The largest absolute Gasteiger partial charge is 0.296 e. The zero-order valence-corrected chi connectivity index (χ0v) is 11.8. The standard InChI is InChI=1S/C11H23N.HI/c1-5-11(4)9-7-8-10(3)12(11)6-2;/h10H,5-9H2,1-4H3;1H. The minimum Gasteiger partial charge on any atom is -0.296 e. The average molecular weight is 297 g/mol. The van der Waals surface area contributed by atoms with E-state index in [2.05, 4.69) is 32.6 Å². The Morgan fingerprint density at radius 3 is 2.38 bits per heavy atom. The van der Waals surface area contributed by atoms with Crippen molar-refractivity contribution < 1.29 is 0 Å². The zero-order valence-electron chi connectivity index (χ0n) is 9.47. The van der Waals surface area contributed by atoms with Gasteiger partial charge in [-0.3, -0.25) is 4.90 Å². The molecule has 13 heavy (non-hydrogen) atoms. The smallest absolute Gasteiger partial charge is 0.0181 e. The van der Waals surface area contributed by atoms with Crippen LogP contribution >= 0.6 is 24.0 Å². The lowest BCUT2D eigenvalue weighted by Gasteiger charge is -2.48. The van der Waals surface area contributed by atoms with Crippen molar-refractivity contribution in [2.24, 2.45) is 0 Å². The molecule has 1 rings (SSSR count). The van der Waals surface area contributed by atoms with Crippen LogP contribution in [-0.2, 0) is 0 Å². The minimum atomic E-state index is 0. The van der Waals surface area contributed by atoms with Crippen LogP contribution in [0.15, 0.2) is 0 Å². The van der Waals surface area contributed by atoms with Gasteiger partial charge in [0.1, 0.15) is 0 Å². The van der Waals surface area contributed by atoms with E-state index in [-0.39, 0.29) is 24.0 Å². The molecule has 1 aliphatic rings. The fraction of sp³-hybridized carbons (Fsp3) is 1.00. The van der Waals surface area contributed by atoms with Crippen molar-refractivity contribution in [3.63, 3.8) is 0 Å². The van der Waals surface area contributed by atoms with Crippen LogP contribution in [0.2, 0.25) is 0 Å². The highest BCUT2D eigenvalue weighted by Crippen LogP contribution is 2.33. The van der Waals surface area contributed by atoms with Crippen molar-refractivity contribution in [1.29, 1.82) is 0 Å². The Hall–Kier alpha value is 0.690. The molecule has 0 aromatic rings. The summed E-state index contributed by atoms with van der Waals surface area (Å²) in [5.41, 5.74) is 0.492. The van der Waals surface area contributed by atoms with Crippen LogP contribution in [0.3, 0.4) is 0 Å². The molecule has 0 radical (unpaired) electrons. The Bertz CT molecular complexity index is 149. The van der Waals surface area contributed by atoms with Crippen molar-refractivity contribution in [2.45, 2.75) is 65.0 Å². The van der Waals surface area contributed by atoms with Gasteiger partial charge in [-0.2, -0.15) is 0 Å². The molecule has 1 aliphatic heterocycles. The van der Waals surface area contributed by atoms with Crippen LogP contribution in [0, 0.1) is 0 Å². The maximum absolute atomic E-state index is 2.68. The van der Waals surface area contributed by atoms with Crippen LogP contribution in [0.5, 0.6) is 0 Å². The third kappa shape index (κ3) is 2.82. The summed E-state index contributed by atoms with van der Waals surface area (Å²) >= 11 is 0. The van der Waals surface area contributed by atoms with Crippen LogP contribution in [0.4, 0.5) is 0 Å². The van der Waals surface area contributed by atoms with Gasteiger partial charge in [0.25, 0.3) is 0 Å². The molecule has 0 aromatic carbocycles. The molecule has 0 bridgehead atoms. The summed E-state index contributed by atoms with van der Waals surface area (Å²) in [6, 6.07) is 0.800. The summed E-state index contributed by atoms with van der Waals surface area (Å²) in [5, 5.41) is 0. The minimum absolute atomic E-state index is 0. The summed E-state index contributed by atoms with van der Waals surface area (Å²) in [7, 11) is 0. The molecule has 0 saturated carbocycles. The molecule has 2 heteroatoms. The Balaban J connectivity index is 0.00000144. The molecule has 80 valence electrons. The van der Waals surface area contributed by atoms with E-state index in [1.807, 2.05) is 0 Å². The van der Waals surface area contributed by atoms with Crippen LogP contribution < -0.4 is 0 Å². The topological polar surface area (TPSA) is 3.24 Å². The molecular formula is C11H24IN. The Morgan fingerprint density at radius 2 is 2.00 bits per heavy atom. The summed E-state index contributed by atoms with van der Waals surface area (Å²) in [5.74, 6) is 0. The SMILES string of the molecule is CCN1C(C)CCCC1(C)CC.I. The highest BCUT2D eigenvalue weighted by molar-refractivity contribution is 14.0. The molecule has 0 spiro atoms. The van der Waals surface area contributed by atoms with Crippen molar-refractivity contribution >= 4 is 24.0 Å². The maximum Gasteiger partial charge on any atom is 0.0181 e. The molecule has 2 atom stereocenters. The third-order valence-corrected chi connectivity index (χ3v) is 3.67. The quantitative estimate of drug-likeness (QED) is 0.703. The summed E-state index contributed by atoms with van der Waals surface area (Å²) in [6.45, 7) is 10.6. The lowest BCUT2D eigenvalue weighted by Crippen LogP contribution is -2.53. The number of likely N-dealkylation sites (tertiary alicyclic amines) is 1. The van der Waals surface area contributed by atoms with E-state index in [1.165, 1.54) is 32.2 Å². The molecule has 1 fully saturated rings. The van der Waals surface area contributed by atoms with E-state index in [0.717, 1.165) is 6.04 Å². The maximum atomic E-state index is 2.68. The Morgan fingerprint density at radius 1 is 1.38 bits per heavy atom. The summed E-state index contributed by atoms with van der Waals surface area (Å²) in [4.78, 5) is 2.68. The molecular weight excluding hydrogens is 273 g/mol.